The second kappa shape index (κ2) is 7.43. The van der Waals surface area contributed by atoms with Gasteiger partial charge in [-0.1, -0.05) is 0 Å². The number of carbonyl (C=O) groups excluding carboxylic acids is 3. The summed E-state index contributed by atoms with van der Waals surface area (Å²) in [6, 6.07) is 2.77. The average Bonchev–Trinajstić information content (AvgIpc) is 3.04. The van der Waals surface area contributed by atoms with Gasteiger partial charge in [0.1, 0.15) is 17.5 Å². The Labute approximate surface area is 171 Å². The number of fused-ring (bicyclic) bond motifs is 1. The zero-order valence-electron chi connectivity index (χ0n) is 16.2. The molecular weight excluding hydrogens is 392 g/mol. The van der Waals surface area contributed by atoms with Crippen molar-refractivity contribution in [1.82, 2.24) is 20.2 Å². The van der Waals surface area contributed by atoms with Gasteiger partial charge in [0, 0.05) is 31.0 Å². The molecule has 152 valence electrons. The van der Waals surface area contributed by atoms with Crippen molar-refractivity contribution in [3.05, 3.63) is 35.0 Å². The summed E-state index contributed by atoms with van der Waals surface area (Å²) in [6.45, 7) is 3.89. The SMILES string of the molecule is Cc1csc(NC(=O)[C@@H](C)N2CC[C@]3(CCC2=O)NC(=O)c2cccnc2N3)n1. The third kappa shape index (κ3) is 3.80. The van der Waals surface area contributed by atoms with Crippen LogP contribution in [-0.4, -0.2) is 50.8 Å². The van der Waals surface area contributed by atoms with Crippen LogP contribution in [0.25, 0.3) is 0 Å². The lowest BCUT2D eigenvalue weighted by atomic mass is 9.97. The Bertz CT molecular complexity index is 976. The second-order valence-electron chi connectivity index (χ2n) is 7.36. The number of likely N-dealkylation sites (tertiary alicyclic amines) is 1. The quantitative estimate of drug-likeness (QED) is 0.704. The molecule has 4 rings (SSSR count). The molecular formula is C19H22N6O3S. The van der Waals surface area contributed by atoms with Crippen LogP contribution in [0.5, 0.6) is 0 Å². The van der Waals surface area contributed by atoms with Gasteiger partial charge in [-0.05, 0) is 32.4 Å². The Morgan fingerprint density at radius 2 is 2.17 bits per heavy atom. The zero-order valence-corrected chi connectivity index (χ0v) is 17.0. The standard InChI is InChI=1S/C19H22N6O3S/c1-11-10-29-18(21-11)22-16(27)12(2)25-9-7-19(6-5-14(25)26)23-15-13(17(28)24-19)4-3-8-20-15/h3-4,8,10,12H,5-7,9H2,1-2H3,(H,20,23)(H,24,28)(H,21,22,27)/t12-,19+/m1/s1. The lowest BCUT2D eigenvalue weighted by molar-refractivity contribution is -0.137. The Kier molecular flexibility index (Phi) is 4.95. The van der Waals surface area contributed by atoms with Crippen molar-refractivity contribution in [2.24, 2.45) is 0 Å². The van der Waals surface area contributed by atoms with Crippen LogP contribution in [0.2, 0.25) is 0 Å². The number of carbonyl (C=O) groups is 3. The molecule has 0 bridgehead atoms. The molecule has 2 aromatic rings. The highest BCUT2D eigenvalue weighted by Crippen LogP contribution is 2.31. The lowest BCUT2D eigenvalue weighted by Crippen LogP contribution is -2.58. The number of hydrogen-bond acceptors (Lipinski definition) is 7. The van der Waals surface area contributed by atoms with E-state index in [9.17, 15) is 14.4 Å². The van der Waals surface area contributed by atoms with Gasteiger partial charge in [0.05, 0.1) is 11.3 Å². The summed E-state index contributed by atoms with van der Waals surface area (Å²) in [5.41, 5.74) is 0.557. The summed E-state index contributed by atoms with van der Waals surface area (Å²) in [4.78, 5) is 48.0. The van der Waals surface area contributed by atoms with Crippen LogP contribution in [0.3, 0.4) is 0 Å². The number of nitrogens with zero attached hydrogens (tertiary/aromatic N) is 3. The molecule has 3 amide bonds. The Morgan fingerprint density at radius 1 is 1.34 bits per heavy atom. The smallest absolute Gasteiger partial charge is 0.256 e. The van der Waals surface area contributed by atoms with Crippen LogP contribution in [0.1, 0.15) is 42.2 Å². The van der Waals surface area contributed by atoms with Gasteiger partial charge in [-0.15, -0.1) is 11.3 Å². The van der Waals surface area contributed by atoms with E-state index in [1.54, 1.807) is 30.2 Å². The van der Waals surface area contributed by atoms with Gasteiger partial charge >= 0.3 is 0 Å². The average molecular weight is 414 g/mol. The van der Waals surface area contributed by atoms with E-state index in [-0.39, 0.29) is 24.1 Å². The topological polar surface area (TPSA) is 116 Å². The van der Waals surface area contributed by atoms with Crippen molar-refractivity contribution in [2.75, 3.05) is 17.2 Å². The summed E-state index contributed by atoms with van der Waals surface area (Å²) < 4.78 is 0. The van der Waals surface area contributed by atoms with Gasteiger partial charge in [-0.3, -0.25) is 14.4 Å². The molecule has 0 aromatic carbocycles. The maximum Gasteiger partial charge on any atom is 0.256 e. The van der Waals surface area contributed by atoms with Gasteiger partial charge in [0.25, 0.3) is 5.91 Å². The van der Waals surface area contributed by atoms with Crippen LogP contribution in [0.4, 0.5) is 10.9 Å². The van der Waals surface area contributed by atoms with Crippen molar-refractivity contribution in [3.63, 3.8) is 0 Å². The third-order valence-corrected chi connectivity index (χ3v) is 6.20. The predicted octanol–water partition coefficient (Wildman–Crippen LogP) is 1.74. The van der Waals surface area contributed by atoms with E-state index in [1.165, 1.54) is 11.3 Å². The van der Waals surface area contributed by atoms with E-state index in [2.05, 4.69) is 25.9 Å². The summed E-state index contributed by atoms with van der Waals surface area (Å²) in [5, 5.41) is 11.4. The van der Waals surface area contributed by atoms with Crippen molar-refractivity contribution >= 4 is 40.0 Å². The number of nitrogens with one attached hydrogen (secondary N) is 3. The predicted molar refractivity (Wildman–Crippen MR) is 109 cm³/mol. The fourth-order valence-corrected chi connectivity index (χ4v) is 4.37. The van der Waals surface area contributed by atoms with Crippen molar-refractivity contribution in [2.45, 2.75) is 44.8 Å². The number of amides is 3. The third-order valence-electron chi connectivity index (χ3n) is 5.32. The minimum Gasteiger partial charge on any atom is -0.347 e. The zero-order chi connectivity index (χ0) is 20.6. The summed E-state index contributed by atoms with van der Waals surface area (Å²) in [5.74, 6) is -0.0984. The molecule has 9 nitrogen and oxygen atoms in total. The molecule has 0 unspecified atom stereocenters. The molecule has 0 saturated carbocycles. The van der Waals surface area contributed by atoms with Crippen LogP contribution >= 0.6 is 11.3 Å². The molecule has 2 aliphatic heterocycles. The van der Waals surface area contributed by atoms with Gasteiger partial charge < -0.3 is 20.9 Å². The molecule has 4 heterocycles. The second-order valence-corrected chi connectivity index (χ2v) is 8.22. The number of anilines is 2. The lowest BCUT2D eigenvalue weighted by Gasteiger charge is -2.39. The highest BCUT2D eigenvalue weighted by molar-refractivity contribution is 7.13. The van der Waals surface area contributed by atoms with E-state index in [4.69, 9.17) is 0 Å². The largest absolute Gasteiger partial charge is 0.347 e. The Morgan fingerprint density at radius 3 is 2.93 bits per heavy atom. The first-order valence-corrected chi connectivity index (χ1v) is 10.3. The van der Waals surface area contributed by atoms with Crippen molar-refractivity contribution in [3.8, 4) is 0 Å². The number of rotatable bonds is 3. The number of aromatic nitrogens is 2. The van der Waals surface area contributed by atoms with Crippen LogP contribution in [0, 0.1) is 6.92 Å². The molecule has 2 aliphatic rings. The summed E-state index contributed by atoms with van der Waals surface area (Å²) in [7, 11) is 0. The first kappa shape index (κ1) is 19.3. The fraction of sp³-hybridized carbons (Fsp3) is 0.421. The number of pyridine rings is 1. The van der Waals surface area contributed by atoms with Gasteiger partial charge in [0.15, 0.2) is 5.13 Å². The van der Waals surface area contributed by atoms with E-state index in [1.807, 2.05) is 12.3 Å². The molecule has 1 spiro atoms. The minimum atomic E-state index is -0.758. The van der Waals surface area contributed by atoms with Gasteiger partial charge in [-0.25, -0.2) is 9.97 Å². The molecule has 2 aromatic heterocycles. The Hall–Kier alpha value is -3.01. The maximum absolute atomic E-state index is 12.7. The molecule has 10 heteroatoms. The fourth-order valence-electron chi connectivity index (χ4n) is 3.68. The summed E-state index contributed by atoms with van der Waals surface area (Å²) >= 11 is 1.35. The highest BCUT2D eigenvalue weighted by atomic mass is 32.1. The molecule has 2 atom stereocenters. The molecule has 3 N–H and O–H groups in total. The van der Waals surface area contributed by atoms with E-state index in [0.29, 0.717) is 35.9 Å². The van der Waals surface area contributed by atoms with Crippen molar-refractivity contribution < 1.29 is 14.4 Å². The number of thiazole rings is 1. The van der Waals surface area contributed by atoms with E-state index < -0.39 is 11.7 Å². The van der Waals surface area contributed by atoms with Gasteiger partial charge in [0.2, 0.25) is 11.8 Å². The molecule has 1 fully saturated rings. The molecule has 0 aliphatic carbocycles. The Balaban J connectivity index is 1.48. The van der Waals surface area contributed by atoms with Gasteiger partial charge in [-0.2, -0.15) is 0 Å². The first-order chi connectivity index (χ1) is 13.9. The van der Waals surface area contributed by atoms with E-state index >= 15 is 0 Å². The number of hydrogen-bond donors (Lipinski definition) is 3. The van der Waals surface area contributed by atoms with Crippen molar-refractivity contribution in [1.29, 1.82) is 0 Å². The normalized spacial score (nSPS) is 22.3. The summed E-state index contributed by atoms with van der Waals surface area (Å²) in [6.07, 6.45) is 2.72. The van der Waals surface area contributed by atoms with Crippen LogP contribution in [-0.2, 0) is 9.59 Å². The van der Waals surface area contributed by atoms with E-state index in [0.717, 1.165) is 5.69 Å². The first-order valence-electron chi connectivity index (χ1n) is 9.45. The minimum absolute atomic E-state index is 0.122. The highest BCUT2D eigenvalue weighted by Gasteiger charge is 2.42. The molecule has 0 radical (unpaired) electrons. The molecule has 1 saturated heterocycles. The maximum atomic E-state index is 12.7. The molecule has 29 heavy (non-hydrogen) atoms. The van der Waals surface area contributed by atoms with Crippen LogP contribution in [0.15, 0.2) is 23.7 Å². The monoisotopic (exact) mass is 414 g/mol. The number of aryl methyl sites for hydroxylation is 1. The van der Waals surface area contributed by atoms with Crippen LogP contribution < -0.4 is 16.0 Å².